The minimum absolute atomic E-state index is 0.0551. The molecule has 1 aromatic carbocycles. The van der Waals surface area contributed by atoms with E-state index in [0.29, 0.717) is 26.2 Å². The van der Waals surface area contributed by atoms with E-state index < -0.39 is 24.0 Å². The van der Waals surface area contributed by atoms with E-state index in [4.69, 9.17) is 0 Å². The smallest absolute Gasteiger partial charge is 0.309 e. The molecule has 0 bridgehead atoms. The molecule has 6 nitrogen and oxygen atoms in total. The normalized spacial score (nSPS) is 22.4. The van der Waals surface area contributed by atoms with Crippen molar-refractivity contribution in [2.75, 3.05) is 6.54 Å². The second-order valence-electron chi connectivity index (χ2n) is 7.38. The number of aromatic nitrogens is 1. The van der Waals surface area contributed by atoms with Crippen LogP contribution >= 0.6 is 0 Å². The van der Waals surface area contributed by atoms with Gasteiger partial charge in [0.1, 0.15) is 0 Å². The standard InChI is InChI=1S/C20H22F3N5O/c21-20(22,23)18-17(10-26-27-19(18)29)28-11-15-3-1-2-14(16(15)12-28)9-25-8-13-4-6-24-7-5-13/h1-7,17-18,25-26H,8-12H2,(H,27,29). The molecule has 2 aliphatic rings. The van der Waals surface area contributed by atoms with Crippen LogP contribution in [0.25, 0.3) is 0 Å². The van der Waals surface area contributed by atoms with E-state index in [-0.39, 0.29) is 6.54 Å². The first-order valence-electron chi connectivity index (χ1n) is 9.46. The van der Waals surface area contributed by atoms with Crippen LogP contribution in [-0.4, -0.2) is 34.6 Å². The fraction of sp³-hybridized carbons (Fsp3) is 0.400. The van der Waals surface area contributed by atoms with Crippen LogP contribution in [0.15, 0.2) is 42.7 Å². The molecule has 154 valence electrons. The Hall–Kier alpha value is -2.49. The van der Waals surface area contributed by atoms with Crippen LogP contribution in [0.1, 0.15) is 22.3 Å². The largest absolute Gasteiger partial charge is 0.402 e. The lowest BCUT2D eigenvalue weighted by molar-refractivity contribution is -0.201. The van der Waals surface area contributed by atoms with Gasteiger partial charge in [0, 0.05) is 51.2 Å². The van der Waals surface area contributed by atoms with Gasteiger partial charge in [-0.1, -0.05) is 18.2 Å². The van der Waals surface area contributed by atoms with Crippen molar-refractivity contribution in [3.63, 3.8) is 0 Å². The second kappa shape index (κ2) is 8.10. The first-order valence-corrected chi connectivity index (χ1v) is 9.46. The van der Waals surface area contributed by atoms with E-state index >= 15 is 0 Å². The average Bonchev–Trinajstić information content (AvgIpc) is 3.13. The highest BCUT2D eigenvalue weighted by atomic mass is 19.4. The summed E-state index contributed by atoms with van der Waals surface area (Å²) in [7, 11) is 0. The van der Waals surface area contributed by atoms with Gasteiger partial charge in [0.05, 0.1) is 0 Å². The van der Waals surface area contributed by atoms with Crippen molar-refractivity contribution in [1.82, 2.24) is 26.1 Å². The summed E-state index contributed by atoms with van der Waals surface area (Å²) < 4.78 is 40.5. The van der Waals surface area contributed by atoms with E-state index in [1.165, 1.54) is 0 Å². The zero-order valence-electron chi connectivity index (χ0n) is 15.7. The summed E-state index contributed by atoms with van der Waals surface area (Å²) in [5, 5.41) is 3.38. The highest BCUT2D eigenvalue weighted by molar-refractivity contribution is 5.80. The fourth-order valence-electron chi connectivity index (χ4n) is 4.08. The molecule has 3 N–H and O–H groups in total. The van der Waals surface area contributed by atoms with Crippen molar-refractivity contribution < 1.29 is 18.0 Å². The van der Waals surface area contributed by atoms with Crippen molar-refractivity contribution in [2.45, 2.75) is 38.4 Å². The molecule has 2 unspecified atom stereocenters. The minimum Gasteiger partial charge on any atom is -0.309 e. The van der Waals surface area contributed by atoms with E-state index in [9.17, 15) is 18.0 Å². The number of amides is 1. The summed E-state index contributed by atoms with van der Waals surface area (Å²) >= 11 is 0. The number of hydrazine groups is 1. The predicted molar refractivity (Wildman–Crippen MR) is 99.9 cm³/mol. The van der Waals surface area contributed by atoms with Crippen LogP contribution in [0.2, 0.25) is 0 Å². The minimum atomic E-state index is -4.58. The van der Waals surface area contributed by atoms with Crippen LogP contribution in [0.5, 0.6) is 0 Å². The Bertz CT molecular complexity index is 874. The van der Waals surface area contributed by atoms with Gasteiger partial charge in [-0.3, -0.25) is 20.1 Å². The zero-order valence-corrected chi connectivity index (χ0v) is 15.7. The molecule has 2 aromatic rings. The second-order valence-corrected chi connectivity index (χ2v) is 7.38. The van der Waals surface area contributed by atoms with Gasteiger partial charge in [-0.2, -0.15) is 13.2 Å². The van der Waals surface area contributed by atoms with Crippen LogP contribution < -0.4 is 16.2 Å². The third kappa shape index (κ3) is 4.26. The van der Waals surface area contributed by atoms with Crippen molar-refractivity contribution >= 4 is 5.91 Å². The molecule has 29 heavy (non-hydrogen) atoms. The molecular formula is C20H22F3N5O. The number of alkyl halides is 3. The third-order valence-corrected chi connectivity index (χ3v) is 5.51. The average molecular weight is 405 g/mol. The zero-order chi connectivity index (χ0) is 20.4. The molecular weight excluding hydrogens is 383 g/mol. The summed E-state index contributed by atoms with van der Waals surface area (Å²) in [6, 6.07) is 8.80. The lowest BCUT2D eigenvalue weighted by Gasteiger charge is -2.38. The molecule has 0 aliphatic carbocycles. The summed E-state index contributed by atoms with van der Waals surface area (Å²) in [6.45, 7) is 2.15. The lowest BCUT2D eigenvalue weighted by atomic mass is 9.95. The van der Waals surface area contributed by atoms with Gasteiger partial charge < -0.3 is 5.32 Å². The topological polar surface area (TPSA) is 69.3 Å². The first-order chi connectivity index (χ1) is 13.9. The Kier molecular flexibility index (Phi) is 5.53. The quantitative estimate of drug-likeness (QED) is 0.709. The molecule has 2 aliphatic heterocycles. The number of fused-ring (bicyclic) bond motifs is 1. The molecule has 0 saturated carbocycles. The number of carbonyl (C=O) groups excluding carboxylic acids is 1. The number of hydrogen-bond donors (Lipinski definition) is 3. The van der Waals surface area contributed by atoms with Gasteiger partial charge in [-0.15, -0.1) is 0 Å². The Morgan fingerprint density at radius 1 is 1.14 bits per heavy atom. The molecule has 0 radical (unpaired) electrons. The predicted octanol–water partition coefficient (Wildman–Crippen LogP) is 1.87. The Balaban J connectivity index is 1.46. The Morgan fingerprint density at radius 3 is 2.69 bits per heavy atom. The first kappa shape index (κ1) is 19.8. The molecule has 2 atom stereocenters. The third-order valence-electron chi connectivity index (χ3n) is 5.51. The summed E-state index contributed by atoms with van der Waals surface area (Å²) in [6.07, 6.45) is -1.11. The van der Waals surface area contributed by atoms with Crippen LogP contribution in [0.3, 0.4) is 0 Å². The molecule has 3 heterocycles. The van der Waals surface area contributed by atoms with Crippen LogP contribution in [-0.2, 0) is 31.0 Å². The monoisotopic (exact) mass is 405 g/mol. The number of pyridine rings is 1. The van der Waals surface area contributed by atoms with Gasteiger partial charge >= 0.3 is 6.18 Å². The Labute approximate surface area is 166 Å². The van der Waals surface area contributed by atoms with Crippen molar-refractivity contribution in [1.29, 1.82) is 0 Å². The molecule has 9 heteroatoms. The van der Waals surface area contributed by atoms with Gasteiger partial charge in [0.15, 0.2) is 5.92 Å². The number of rotatable bonds is 5. The van der Waals surface area contributed by atoms with Crippen molar-refractivity contribution in [3.8, 4) is 0 Å². The maximum absolute atomic E-state index is 13.5. The number of benzene rings is 1. The Morgan fingerprint density at radius 2 is 1.93 bits per heavy atom. The maximum Gasteiger partial charge on any atom is 0.402 e. The van der Waals surface area contributed by atoms with Crippen molar-refractivity contribution in [2.24, 2.45) is 5.92 Å². The number of halogens is 3. The number of nitrogens with zero attached hydrogens (tertiary/aromatic N) is 2. The highest BCUT2D eigenvalue weighted by Crippen LogP contribution is 2.36. The van der Waals surface area contributed by atoms with Gasteiger partial charge in [-0.05, 0) is 34.4 Å². The number of nitrogens with one attached hydrogen (secondary N) is 3. The SMILES string of the molecule is O=C1NNCC(N2Cc3cccc(CNCc4ccncc4)c3C2)C1C(F)(F)F. The maximum atomic E-state index is 13.5. The van der Waals surface area contributed by atoms with Gasteiger partial charge in [0.2, 0.25) is 5.91 Å². The fourth-order valence-corrected chi connectivity index (χ4v) is 4.08. The van der Waals surface area contributed by atoms with Crippen molar-refractivity contribution in [3.05, 3.63) is 65.0 Å². The molecule has 1 aromatic heterocycles. The summed E-state index contributed by atoms with van der Waals surface area (Å²) in [5.41, 5.74) is 8.95. The molecule has 1 fully saturated rings. The summed E-state index contributed by atoms with van der Waals surface area (Å²) in [5.74, 6) is -3.06. The van der Waals surface area contributed by atoms with Gasteiger partial charge in [-0.25, -0.2) is 5.43 Å². The number of carbonyl (C=O) groups is 1. The van der Waals surface area contributed by atoms with E-state index in [1.54, 1.807) is 17.3 Å². The molecule has 1 amide bonds. The number of hydrogen-bond acceptors (Lipinski definition) is 5. The highest BCUT2D eigenvalue weighted by Gasteiger charge is 2.53. The molecule has 4 rings (SSSR count). The van der Waals surface area contributed by atoms with E-state index in [2.05, 4.69) is 21.2 Å². The van der Waals surface area contributed by atoms with Gasteiger partial charge in [0.25, 0.3) is 0 Å². The van der Waals surface area contributed by atoms with E-state index in [1.807, 2.05) is 30.3 Å². The van der Waals surface area contributed by atoms with Crippen LogP contribution in [0, 0.1) is 5.92 Å². The molecule has 0 spiro atoms. The van der Waals surface area contributed by atoms with E-state index in [0.717, 1.165) is 22.3 Å². The summed E-state index contributed by atoms with van der Waals surface area (Å²) in [4.78, 5) is 17.6. The lowest BCUT2D eigenvalue weighted by Crippen LogP contribution is -2.63. The molecule has 1 saturated heterocycles. The van der Waals surface area contributed by atoms with Crippen LogP contribution in [0.4, 0.5) is 13.2 Å².